The van der Waals surface area contributed by atoms with Gasteiger partial charge in [-0.05, 0) is 6.07 Å². The van der Waals surface area contributed by atoms with Gasteiger partial charge in [-0.25, -0.2) is 0 Å². The number of non-ortho nitro benzene ring substituents is 1. The number of aliphatic hydroxyl groups excluding tert-OH is 4. The molecule has 10 heteroatoms. The molecule has 5 atom stereocenters. The largest absolute Gasteiger partial charge is 0.460 e. The van der Waals surface area contributed by atoms with Crippen LogP contribution in [0.4, 0.5) is 5.69 Å². The first-order valence-electron chi connectivity index (χ1n) is 6.26. The van der Waals surface area contributed by atoms with Crippen LogP contribution in [0.1, 0.15) is 0 Å². The molecule has 1 saturated heterocycles. The normalized spacial score (nSPS) is 31.8. The predicted molar refractivity (Wildman–Crippen MR) is 72.5 cm³/mol. The second-order valence-corrected chi connectivity index (χ2v) is 5.09. The lowest BCUT2D eigenvalue weighted by Crippen LogP contribution is -2.60. The molecular formula is C12H14ClNO8. The Balaban J connectivity index is 2.17. The van der Waals surface area contributed by atoms with Gasteiger partial charge in [-0.2, -0.15) is 0 Å². The Labute approximate surface area is 129 Å². The van der Waals surface area contributed by atoms with E-state index in [9.17, 15) is 25.4 Å². The molecule has 1 aromatic carbocycles. The highest BCUT2D eigenvalue weighted by atomic mass is 35.5. The number of ether oxygens (including phenoxy) is 2. The zero-order valence-corrected chi connectivity index (χ0v) is 11.8. The van der Waals surface area contributed by atoms with Gasteiger partial charge in [-0.1, -0.05) is 11.6 Å². The summed E-state index contributed by atoms with van der Waals surface area (Å²) >= 11 is 5.85. The number of aliphatic hydroxyl groups is 4. The summed E-state index contributed by atoms with van der Waals surface area (Å²) in [6.45, 7) is -0.598. The molecule has 0 aromatic heterocycles. The zero-order valence-electron chi connectivity index (χ0n) is 11.1. The summed E-state index contributed by atoms with van der Waals surface area (Å²) in [7, 11) is 0. The van der Waals surface area contributed by atoms with Crippen LogP contribution in [0.25, 0.3) is 0 Å². The van der Waals surface area contributed by atoms with Crippen molar-refractivity contribution in [2.45, 2.75) is 30.7 Å². The average molecular weight is 336 g/mol. The van der Waals surface area contributed by atoms with E-state index < -0.39 is 42.2 Å². The van der Waals surface area contributed by atoms with Crippen molar-refractivity contribution in [3.05, 3.63) is 33.3 Å². The first kappa shape index (κ1) is 16.9. The van der Waals surface area contributed by atoms with Gasteiger partial charge < -0.3 is 29.9 Å². The second kappa shape index (κ2) is 6.73. The van der Waals surface area contributed by atoms with Crippen molar-refractivity contribution >= 4 is 17.3 Å². The second-order valence-electron chi connectivity index (χ2n) is 4.69. The number of hydrogen-bond acceptors (Lipinski definition) is 8. The van der Waals surface area contributed by atoms with Crippen LogP contribution in [0, 0.1) is 10.1 Å². The van der Waals surface area contributed by atoms with Crippen LogP contribution >= 0.6 is 11.6 Å². The number of rotatable bonds is 4. The summed E-state index contributed by atoms with van der Waals surface area (Å²) in [5, 5.41) is 48.7. The molecule has 0 aliphatic carbocycles. The molecule has 22 heavy (non-hydrogen) atoms. The lowest BCUT2D eigenvalue weighted by atomic mass is 9.99. The molecule has 4 N–H and O–H groups in total. The Morgan fingerprint density at radius 1 is 1.27 bits per heavy atom. The maximum Gasteiger partial charge on any atom is 0.271 e. The third-order valence-corrected chi connectivity index (χ3v) is 3.51. The maximum atomic E-state index is 10.6. The third-order valence-electron chi connectivity index (χ3n) is 3.22. The lowest BCUT2D eigenvalue weighted by molar-refractivity contribution is -0.384. The number of hydrogen-bond donors (Lipinski definition) is 4. The molecule has 1 aromatic rings. The molecule has 0 spiro atoms. The SMILES string of the molecule is O=[N+]([O-])c1ccc(O[C@H]2O[C@H](CO)[C@@H](O)[C@H](O)[C@@H]2O)c(Cl)c1. The number of benzene rings is 1. The van der Waals surface area contributed by atoms with Crippen LogP contribution < -0.4 is 4.74 Å². The van der Waals surface area contributed by atoms with E-state index in [1.54, 1.807) is 0 Å². The zero-order chi connectivity index (χ0) is 16.4. The molecule has 1 heterocycles. The van der Waals surface area contributed by atoms with Gasteiger partial charge >= 0.3 is 0 Å². The van der Waals surface area contributed by atoms with Crippen molar-refractivity contribution in [1.29, 1.82) is 0 Å². The van der Waals surface area contributed by atoms with E-state index in [0.29, 0.717) is 0 Å². The third kappa shape index (κ3) is 3.29. The van der Waals surface area contributed by atoms with Gasteiger partial charge in [0.15, 0.2) is 0 Å². The number of nitro groups is 1. The monoisotopic (exact) mass is 335 g/mol. The quantitative estimate of drug-likeness (QED) is 0.423. The van der Waals surface area contributed by atoms with Crippen LogP contribution in [0.5, 0.6) is 5.75 Å². The Bertz CT molecular complexity index is 554. The van der Waals surface area contributed by atoms with E-state index in [2.05, 4.69) is 0 Å². The molecule has 0 saturated carbocycles. The van der Waals surface area contributed by atoms with E-state index in [1.807, 2.05) is 0 Å². The van der Waals surface area contributed by atoms with E-state index in [-0.39, 0.29) is 16.5 Å². The van der Waals surface area contributed by atoms with Gasteiger partial charge in [0.2, 0.25) is 6.29 Å². The van der Waals surface area contributed by atoms with E-state index >= 15 is 0 Å². The minimum Gasteiger partial charge on any atom is -0.460 e. The molecule has 0 bridgehead atoms. The van der Waals surface area contributed by atoms with Crippen LogP contribution in [0.2, 0.25) is 5.02 Å². The molecule has 0 unspecified atom stereocenters. The smallest absolute Gasteiger partial charge is 0.271 e. The predicted octanol–water partition coefficient (Wildman–Crippen LogP) is -0.573. The highest BCUT2D eigenvalue weighted by molar-refractivity contribution is 6.32. The number of nitro benzene ring substituents is 1. The standard InChI is InChI=1S/C12H14ClNO8/c13-6-3-5(14(19)20)1-2-7(6)21-12-11(18)10(17)9(16)8(4-15)22-12/h1-3,8-12,15-18H,4H2/t8-,9-,10+,11+,12+/m1/s1. The fraction of sp³-hybridized carbons (Fsp3) is 0.500. The lowest BCUT2D eigenvalue weighted by Gasteiger charge is -2.39. The molecule has 1 aliphatic heterocycles. The first-order valence-corrected chi connectivity index (χ1v) is 6.64. The molecule has 0 radical (unpaired) electrons. The number of nitrogens with zero attached hydrogens (tertiary/aromatic N) is 1. The van der Waals surface area contributed by atoms with Crippen molar-refractivity contribution in [3.63, 3.8) is 0 Å². The molecule has 9 nitrogen and oxygen atoms in total. The first-order chi connectivity index (χ1) is 10.3. The highest BCUT2D eigenvalue weighted by Crippen LogP contribution is 2.31. The highest BCUT2D eigenvalue weighted by Gasteiger charge is 2.44. The van der Waals surface area contributed by atoms with Gasteiger partial charge in [0.25, 0.3) is 5.69 Å². The Hall–Kier alpha value is -1.49. The fourth-order valence-corrected chi connectivity index (χ4v) is 2.21. The van der Waals surface area contributed by atoms with E-state index in [0.717, 1.165) is 12.1 Å². The Kier molecular flexibility index (Phi) is 5.16. The molecule has 1 aliphatic rings. The summed E-state index contributed by atoms with van der Waals surface area (Å²) in [5.41, 5.74) is -0.244. The van der Waals surface area contributed by atoms with Crippen molar-refractivity contribution in [2.24, 2.45) is 0 Å². The van der Waals surface area contributed by atoms with Crippen LogP contribution in [0.3, 0.4) is 0 Å². The molecular weight excluding hydrogens is 322 g/mol. The Morgan fingerprint density at radius 2 is 1.95 bits per heavy atom. The summed E-state index contributed by atoms with van der Waals surface area (Å²) < 4.78 is 10.4. The van der Waals surface area contributed by atoms with Crippen molar-refractivity contribution in [2.75, 3.05) is 6.61 Å². The van der Waals surface area contributed by atoms with Gasteiger partial charge in [0, 0.05) is 12.1 Å². The van der Waals surface area contributed by atoms with Crippen LogP contribution in [-0.2, 0) is 4.74 Å². The van der Waals surface area contributed by atoms with Crippen LogP contribution in [0.15, 0.2) is 18.2 Å². The minimum absolute atomic E-state index is 0.0170. The number of halogens is 1. The summed E-state index contributed by atoms with van der Waals surface area (Å²) in [6, 6.07) is 3.41. The van der Waals surface area contributed by atoms with Crippen LogP contribution in [-0.4, -0.2) is 62.7 Å². The van der Waals surface area contributed by atoms with Crippen molar-refractivity contribution in [1.82, 2.24) is 0 Å². The summed E-state index contributed by atoms with van der Waals surface area (Å²) in [5.74, 6) is -0.0170. The van der Waals surface area contributed by atoms with E-state index in [4.69, 9.17) is 26.2 Å². The summed E-state index contributed by atoms with van der Waals surface area (Å²) in [6.07, 6.45) is -7.22. The van der Waals surface area contributed by atoms with Crippen molar-refractivity contribution < 1.29 is 34.8 Å². The van der Waals surface area contributed by atoms with E-state index in [1.165, 1.54) is 6.07 Å². The summed E-state index contributed by atoms with van der Waals surface area (Å²) in [4.78, 5) is 9.98. The average Bonchev–Trinajstić information content (AvgIpc) is 2.49. The molecule has 2 rings (SSSR count). The maximum absolute atomic E-state index is 10.6. The Morgan fingerprint density at radius 3 is 2.50 bits per heavy atom. The molecule has 0 amide bonds. The van der Waals surface area contributed by atoms with Crippen molar-refractivity contribution in [3.8, 4) is 5.75 Å². The topological polar surface area (TPSA) is 143 Å². The van der Waals surface area contributed by atoms with Gasteiger partial charge in [0.05, 0.1) is 16.6 Å². The fourth-order valence-electron chi connectivity index (χ4n) is 1.99. The van der Waals surface area contributed by atoms with Gasteiger partial charge in [0.1, 0.15) is 30.2 Å². The molecule has 122 valence electrons. The van der Waals surface area contributed by atoms with Gasteiger partial charge in [-0.15, -0.1) is 0 Å². The van der Waals surface area contributed by atoms with Gasteiger partial charge in [-0.3, -0.25) is 10.1 Å². The minimum atomic E-state index is -1.59. The molecule has 1 fully saturated rings.